The van der Waals surface area contributed by atoms with Crippen LogP contribution in [0.25, 0.3) is 0 Å². The van der Waals surface area contributed by atoms with Crippen molar-refractivity contribution in [2.75, 3.05) is 39.3 Å². The van der Waals surface area contributed by atoms with Crippen molar-refractivity contribution in [1.82, 2.24) is 9.80 Å². The average Bonchev–Trinajstić information content (AvgIpc) is 2.34. The van der Waals surface area contributed by atoms with E-state index < -0.39 is 0 Å². The van der Waals surface area contributed by atoms with Gasteiger partial charge in [0.1, 0.15) is 0 Å². The summed E-state index contributed by atoms with van der Waals surface area (Å²) in [6, 6.07) is 0.610. The maximum Gasteiger partial charge on any atom is 0.0829 e. The standard InChI is InChI=1S/C14H28N2O2/c1-11(2)16-6-7-18-13(10-16)9-15-5-4-14(17)12(3)8-15/h11-14,17H,4-10H2,1-3H3. The monoisotopic (exact) mass is 256 g/mol. The van der Waals surface area contributed by atoms with E-state index in [1.165, 1.54) is 0 Å². The highest BCUT2D eigenvalue weighted by Crippen LogP contribution is 2.18. The Hall–Kier alpha value is -0.160. The van der Waals surface area contributed by atoms with Crippen LogP contribution in [0.3, 0.4) is 0 Å². The Balaban J connectivity index is 1.79. The first-order valence-electron chi connectivity index (χ1n) is 7.32. The van der Waals surface area contributed by atoms with Gasteiger partial charge >= 0.3 is 0 Å². The Morgan fingerprint density at radius 3 is 2.72 bits per heavy atom. The number of nitrogens with zero attached hydrogens (tertiary/aromatic N) is 2. The van der Waals surface area contributed by atoms with Gasteiger partial charge in [-0.1, -0.05) is 6.92 Å². The second-order valence-corrected chi connectivity index (χ2v) is 6.17. The predicted molar refractivity (Wildman–Crippen MR) is 72.7 cm³/mol. The van der Waals surface area contributed by atoms with Crippen LogP contribution >= 0.6 is 0 Å². The quantitative estimate of drug-likeness (QED) is 0.810. The van der Waals surface area contributed by atoms with Gasteiger partial charge in [-0.25, -0.2) is 0 Å². The molecule has 0 radical (unpaired) electrons. The molecule has 106 valence electrons. The molecule has 0 saturated carbocycles. The van der Waals surface area contributed by atoms with Gasteiger partial charge in [-0.3, -0.25) is 4.90 Å². The molecule has 1 N–H and O–H groups in total. The fourth-order valence-corrected chi connectivity index (χ4v) is 3.00. The second-order valence-electron chi connectivity index (χ2n) is 6.17. The Labute approximate surface area is 111 Å². The zero-order chi connectivity index (χ0) is 13.1. The minimum Gasteiger partial charge on any atom is -0.393 e. The van der Waals surface area contributed by atoms with Crippen LogP contribution in [0.1, 0.15) is 27.2 Å². The first-order valence-corrected chi connectivity index (χ1v) is 7.32. The molecule has 18 heavy (non-hydrogen) atoms. The number of hydrogen-bond acceptors (Lipinski definition) is 4. The predicted octanol–water partition coefficient (Wildman–Crippen LogP) is 0.798. The van der Waals surface area contributed by atoms with Gasteiger partial charge in [0.25, 0.3) is 0 Å². The summed E-state index contributed by atoms with van der Waals surface area (Å²) in [5, 5.41) is 9.75. The maximum absolute atomic E-state index is 9.75. The van der Waals surface area contributed by atoms with E-state index >= 15 is 0 Å². The summed E-state index contributed by atoms with van der Waals surface area (Å²) in [6.07, 6.45) is 1.13. The summed E-state index contributed by atoms with van der Waals surface area (Å²) < 4.78 is 5.88. The van der Waals surface area contributed by atoms with E-state index in [-0.39, 0.29) is 6.10 Å². The SMILES string of the molecule is CC1CN(CC2CN(C(C)C)CCO2)CCC1O. The van der Waals surface area contributed by atoms with Crippen molar-refractivity contribution in [1.29, 1.82) is 0 Å². The summed E-state index contributed by atoms with van der Waals surface area (Å²) in [6.45, 7) is 12.6. The number of hydrogen-bond donors (Lipinski definition) is 1. The summed E-state index contributed by atoms with van der Waals surface area (Å²) in [4.78, 5) is 4.95. The van der Waals surface area contributed by atoms with Crippen LogP contribution in [-0.2, 0) is 4.74 Å². The molecule has 2 saturated heterocycles. The first kappa shape index (κ1) is 14.3. The van der Waals surface area contributed by atoms with E-state index in [4.69, 9.17) is 4.74 Å². The summed E-state index contributed by atoms with van der Waals surface area (Å²) in [5.41, 5.74) is 0. The van der Waals surface area contributed by atoms with E-state index in [1.54, 1.807) is 0 Å². The molecule has 2 rings (SSSR count). The van der Waals surface area contributed by atoms with E-state index in [0.29, 0.717) is 18.1 Å². The minimum absolute atomic E-state index is 0.110. The molecule has 0 spiro atoms. The Bertz CT molecular complexity index is 260. The van der Waals surface area contributed by atoms with Crippen molar-refractivity contribution >= 4 is 0 Å². The molecule has 4 nitrogen and oxygen atoms in total. The van der Waals surface area contributed by atoms with Gasteiger partial charge in [0.05, 0.1) is 18.8 Å². The molecule has 4 heteroatoms. The Morgan fingerprint density at radius 2 is 2.06 bits per heavy atom. The van der Waals surface area contributed by atoms with Crippen molar-refractivity contribution in [2.45, 2.75) is 45.4 Å². The lowest BCUT2D eigenvalue weighted by atomic mass is 9.96. The molecule has 0 bridgehead atoms. The number of aliphatic hydroxyl groups excluding tert-OH is 1. The van der Waals surface area contributed by atoms with Crippen molar-refractivity contribution < 1.29 is 9.84 Å². The van der Waals surface area contributed by atoms with Crippen molar-refractivity contribution in [3.8, 4) is 0 Å². The number of ether oxygens (including phenoxy) is 1. The van der Waals surface area contributed by atoms with E-state index in [1.807, 2.05) is 0 Å². The highest BCUT2D eigenvalue weighted by molar-refractivity contribution is 4.82. The molecule has 2 aliphatic rings. The molecular weight excluding hydrogens is 228 g/mol. The largest absolute Gasteiger partial charge is 0.393 e. The van der Waals surface area contributed by atoms with Gasteiger partial charge in [-0.05, 0) is 26.2 Å². The molecule has 2 aliphatic heterocycles. The zero-order valence-corrected chi connectivity index (χ0v) is 12.0. The number of rotatable bonds is 3. The lowest BCUT2D eigenvalue weighted by Crippen LogP contribution is -2.52. The Kier molecular flexibility index (Phi) is 5.01. The van der Waals surface area contributed by atoms with Crippen molar-refractivity contribution in [3.63, 3.8) is 0 Å². The number of piperidine rings is 1. The fraction of sp³-hybridized carbons (Fsp3) is 1.00. The highest BCUT2D eigenvalue weighted by Gasteiger charge is 2.28. The van der Waals surface area contributed by atoms with Gasteiger partial charge in [0.2, 0.25) is 0 Å². The minimum atomic E-state index is -0.110. The van der Waals surface area contributed by atoms with Gasteiger partial charge < -0.3 is 14.7 Å². The molecule has 3 atom stereocenters. The first-order chi connectivity index (χ1) is 8.56. The Morgan fingerprint density at radius 1 is 1.28 bits per heavy atom. The van der Waals surface area contributed by atoms with Gasteiger partial charge in [0.15, 0.2) is 0 Å². The smallest absolute Gasteiger partial charge is 0.0829 e. The van der Waals surface area contributed by atoms with Crippen LogP contribution in [-0.4, -0.2) is 72.5 Å². The zero-order valence-electron chi connectivity index (χ0n) is 12.0. The molecule has 0 aromatic carbocycles. The molecule has 0 aliphatic carbocycles. The van der Waals surface area contributed by atoms with E-state index in [9.17, 15) is 5.11 Å². The van der Waals surface area contributed by atoms with Gasteiger partial charge in [-0.15, -0.1) is 0 Å². The van der Waals surface area contributed by atoms with Crippen molar-refractivity contribution in [2.24, 2.45) is 5.92 Å². The van der Waals surface area contributed by atoms with E-state index in [2.05, 4.69) is 30.6 Å². The molecule has 0 aromatic heterocycles. The number of likely N-dealkylation sites (tertiary alicyclic amines) is 1. The topological polar surface area (TPSA) is 35.9 Å². The number of morpholine rings is 1. The molecular formula is C14H28N2O2. The lowest BCUT2D eigenvalue weighted by molar-refractivity contribution is -0.0627. The van der Waals surface area contributed by atoms with Crippen LogP contribution < -0.4 is 0 Å². The number of aliphatic hydroxyl groups is 1. The fourth-order valence-electron chi connectivity index (χ4n) is 3.00. The molecule has 2 heterocycles. The van der Waals surface area contributed by atoms with Gasteiger partial charge in [0, 0.05) is 38.8 Å². The highest BCUT2D eigenvalue weighted by atomic mass is 16.5. The molecule has 0 amide bonds. The van der Waals surface area contributed by atoms with Crippen LogP contribution in [0.5, 0.6) is 0 Å². The molecule has 3 unspecified atom stereocenters. The summed E-state index contributed by atoms with van der Waals surface area (Å²) >= 11 is 0. The van der Waals surface area contributed by atoms with Crippen LogP contribution in [0, 0.1) is 5.92 Å². The third-order valence-electron chi connectivity index (χ3n) is 4.31. The van der Waals surface area contributed by atoms with Crippen LogP contribution in [0.2, 0.25) is 0 Å². The normalized spacial score (nSPS) is 36.2. The summed E-state index contributed by atoms with van der Waals surface area (Å²) in [5.74, 6) is 0.392. The van der Waals surface area contributed by atoms with Crippen molar-refractivity contribution in [3.05, 3.63) is 0 Å². The van der Waals surface area contributed by atoms with E-state index in [0.717, 1.165) is 45.8 Å². The average molecular weight is 256 g/mol. The molecule has 0 aromatic rings. The van der Waals surface area contributed by atoms with Crippen LogP contribution in [0.4, 0.5) is 0 Å². The second kappa shape index (κ2) is 6.33. The lowest BCUT2D eigenvalue weighted by Gasteiger charge is -2.40. The molecule has 2 fully saturated rings. The maximum atomic E-state index is 9.75. The summed E-state index contributed by atoms with van der Waals surface area (Å²) in [7, 11) is 0. The van der Waals surface area contributed by atoms with Gasteiger partial charge in [-0.2, -0.15) is 0 Å². The van der Waals surface area contributed by atoms with Crippen LogP contribution in [0.15, 0.2) is 0 Å². The third-order valence-corrected chi connectivity index (χ3v) is 4.31. The third kappa shape index (κ3) is 3.67.